The van der Waals surface area contributed by atoms with Crippen molar-refractivity contribution in [3.63, 3.8) is 0 Å². The van der Waals surface area contributed by atoms with Gasteiger partial charge in [0.15, 0.2) is 5.96 Å². The minimum atomic E-state index is 0. The lowest BCUT2D eigenvalue weighted by Crippen LogP contribution is -2.44. The molecule has 144 valence electrons. The maximum atomic E-state index is 5.38. The molecular formula is C18H27IN4O3. The Bertz CT molecular complexity index is 610. The van der Waals surface area contributed by atoms with Crippen LogP contribution in [0, 0.1) is 0 Å². The van der Waals surface area contributed by atoms with Gasteiger partial charge in [-0.05, 0) is 24.3 Å². The number of morpholine rings is 1. The number of hydrogen-bond acceptors (Lipinski definition) is 5. The maximum Gasteiger partial charge on any atom is 0.191 e. The van der Waals surface area contributed by atoms with E-state index in [4.69, 9.17) is 13.6 Å². The molecule has 1 saturated heterocycles. The summed E-state index contributed by atoms with van der Waals surface area (Å²) in [6.45, 7) is 6.71. The Morgan fingerprint density at radius 3 is 2.38 bits per heavy atom. The van der Waals surface area contributed by atoms with Gasteiger partial charge in [0.25, 0.3) is 0 Å². The van der Waals surface area contributed by atoms with Gasteiger partial charge in [0.2, 0.25) is 0 Å². The molecule has 0 aliphatic carbocycles. The van der Waals surface area contributed by atoms with Crippen molar-refractivity contribution in [2.45, 2.75) is 13.0 Å². The summed E-state index contributed by atoms with van der Waals surface area (Å²) in [5.41, 5.74) is 0. The van der Waals surface area contributed by atoms with Crippen molar-refractivity contribution in [1.29, 1.82) is 0 Å². The van der Waals surface area contributed by atoms with Gasteiger partial charge in [0.05, 0.1) is 25.7 Å². The second kappa shape index (κ2) is 12.0. The van der Waals surface area contributed by atoms with E-state index < -0.39 is 0 Å². The smallest absolute Gasteiger partial charge is 0.191 e. The molecule has 26 heavy (non-hydrogen) atoms. The number of ether oxygens (including phenoxy) is 1. The van der Waals surface area contributed by atoms with Crippen molar-refractivity contribution < 1.29 is 13.6 Å². The molecule has 0 radical (unpaired) electrons. The molecule has 0 aromatic carbocycles. The number of furan rings is 2. The fourth-order valence-corrected chi connectivity index (χ4v) is 2.65. The standard InChI is InChI=1S/C18H26N4O3.HI/c1-3-16(24-11-1)5-6-19-18(21-15-17-4-2-12-25-17)20-7-8-22-9-13-23-14-10-22;/h1-4,11-12H,5-10,13-15H2,(H2,19,20,21);1H. The predicted molar refractivity (Wildman–Crippen MR) is 111 cm³/mol. The maximum absolute atomic E-state index is 5.38. The molecular weight excluding hydrogens is 447 g/mol. The van der Waals surface area contributed by atoms with Gasteiger partial charge in [-0.3, -0.25) is 4.90 Å². The van der Waals surface area contributed by atoms with Crippen LogP contribution in [-0.2, 0) is 17.7 Å². The van der Waals surface area contributed by atoms with Gasteiger partial charge in [-0.25, -0.2) is 4.99 Å². The first kappa shape index (κ1) is 20.8. The molecule has 0 spiro atoms. The summed E-state index contributed by atoms with van der Waals surface area (Å²) in [6, 6.07) is 7.69. The second-order valence-corrected chi connectivity index (χ2v) is 5.88. The number of aliphatic imine (C=N–C) groups is 1. The van der Waals surface area contributed by atoms with Gasteiger partial charge in [0.1, 0.15) is 18.1 Å². The van der Waals surface area contributed by atoms with E-state index in [0.29, 0.717) is 6.54 Å². The van der Waals surface area contributed by atoms with Gasteiger partial charge in [-0.2, -0.15) is 0 Å². The summed E-state index contributed by atoms with van der Waals surface area (Å²) in [7, 11) is 0. The third-order valence-electron chi connectivity index (χ3n) is 4.04. The molecule has 7 nitrogen and oxygen atoms in total. The molecule has 0 unspecified atom stereocenters. The van der Waals surface area contributed by atoms with Crippen molar-refractivity contribution in [2.75, 3.05) is 45.9 Å². The van der Waals surface area contributed by atoms with Crippen molar-refractivity contribution >= 4 is 29.9 Å². The Morgan fingerprint density at radius 2 is 1.69 bits per heavy atom. The van der Waals surface area contributed by atoms with E-state index in [0.717, 1.165) is 69.8 Å². The van der Waals surface area contributed by atoms with Crippen molar-refractivity contribution in [1.82, 2.24) is 15.5 Å². The molecule has 0 amide bonds. The number of nitrogens with zero attached hydrogens (tertiary/aromatic N) is 2. The summed E-state index contributed by atoms with van der Waals surface area (Å²) in [5, 5.41) is 6.75. The molecule has 2 aromatic rings. The van der Waals surface area contributed by atoms with Crippen LogP contribution in [-0.4, -0.2) is 56.8 Å². The zero-order valence-electron chi connectivity index (χ0n) is 14.9. The van der Waals surface area contributed by atoms with Crippen LogP contribution < -0.4 is 10.6 Å². The molecule has 1 aliphatic rings. The normalized spacial score (nSPS) is 15.5. The highest BCUT2D eigenvalue weighted by atomic mass is 127. The van der Waals surface area contributed by atoms with E-state index in [1.54, 1.807) is 12.5 Å². The zero-order valence-corrected chi connectivity index (χ0v) is 17.2. The molecule has 0 saturated carbocycles. The van der Waals surface area contributed by atoms with Gasteiger partial charge < -0.3 is 24.2 Å². The largest absolute Gasteiger partial charge is 0.469 e. The molecule has 0 bridgehead atoms. The highest BCUT2D eigenvalue weighted by molar-refractivity contribution is 14.0. The van der Waals surface area contributed by atoms with E-state index >= 15 is 0 Å². The van der Waals surface area contributed by atoms with Crippen LogP contribution in [0.1, 0.15) is 11.5 Å². The number of guanidine groups is 1. The Morgan fingerprint density at radius 1 is 1.00 bits per heavy atom. The van der Waals surface area contributed by atoms with Crippen LogP contribution in [0.25, 0.3) is 0 Å². The van der Waals surface area contributed by atoms with E-state index in [2.05, 4.69) is 20.5 Å². The third-order valence-corrected chi connectivity index (χ3v) is 4.04. The summed E-state index contributed by atoms with van der Waals surface area (Å²) in [6.07, 6.45) is 4.18. The quantitative estimate of drug-likeness (QED) is 0.347. The molecule has 1 fully saturated rings. The van der Waals surface area contributed by atoms with Gasteiger partial charge in [0, 0.05) is 39.1 Å². The van der Waals surface area contributed by atoms with Gasteiger partial charge in [-0.1, -0.05) is 0 Å². The van der Waals surface area contributed by atoms with Gasteiger partial charge in [-0.15, -0.1) is 24.0 Å². The number of rotatable bonds is 8. The van der Waals surface area contributed by atoms with Crippen molar-refractivity contribution in [3.8, 4) is 0 Å². The first-order chi connectivity index (χ1) is 12.4. The minimum Gasteiger partial charge on any atom is -0.469 e. The number of hydrogen-bond donors (Lipinski definition) is 2. The lowest BCUT2D eigenvalue weighted by Gasteiger charge is -2.26. The average molecular weight is 474 g/mol. The van der Waals surface area contributed by atoms with Crippen LogP contribution in [0.4, 0.5) is 0 Å². The van der Waals surface area contributed by atoms with Crippen LogP contribution in [0.2, 0.25) is 0 Å². The summed E-state index contributed by atoms with van der Waals surface area (Å²) >= 11 is 0. The molecule has 2 N–H and O–H groups in total. The topological polar surface area (TPSA) is 75.2 Å². The Balaban J connectivity index is 0.00000243. The SMILES string of the molecule is I.c1coc(CCNC(=NCc2ccco2)NCCN2CCOCC2)c1. The van der Waals surface area contributed by atoms with Crippen LogP contribution >= 0.6 is 24.0 Å². The second-order valence-electron chi connectivity index (χ2n) is 5.88. The Hall–Kier alpha value is -1.52. The van der Waals surface area contributed by atoms with E-state index in [1.807, 2.05) is 24.3 Å². The van der Waals surface area contributed by atoms with Crippen molar-refractivity contribution in [2.24, 2.45) is 4.99 Å². The van der Waals surface area contributed by atoms with Crippen molar-refractivity contribution in [3.05, 3.63) is 48.3 Å². The molecule has 3 rings (SSSR count). The first-order valence-electron chi connectivity index (χ1n) is 8.77. The molecule has 0 atom stereocenters. The van der Waals surface area contributed by atoms with Gasteiger partial charge >= 0.3 is 0 Å². The summed E-state index contributed by atoms with van der Waals surface area (Å²) in [4.78, 5) is 6.99. The molecule has 1 aliphatic heterocycles. The monoisotopic (exact) mass is 474 g/mol. The lowest BCUT2D eigenvalue weighted by atomic mass is 10.3. The van der Waals surface area contributed by atoms with E-state index in [1.165, 1.54) is 0 Å². The predicted octanol–water partition coefficient (Wildman–Crippen LogP) is 2.10. The molecule has 2 aromatic heterocycles. The Kier molecular flexibility index (Phi) is 9.57. The summed E-state index contributed by atoms with van der Waals surface area (Å²) in [5.74, 6) is 2.60. The zero-order chi connectivity index (χ0) is 17.2. The molecule has 8 heteroatoms. The third kappa shape index (κ3) is 7.38. The number of halogens is 1. The highest BCUT2D eigenvalue weighted by Gasteiger charge is 2.10. The van der Waals surface area contributed by atoms with E-state index in [9.17, 15) is 0 Å². The fourth-order valence-electron chi connectivity index (χ4n) is 2.65. The molecule has 3 heterocycles. The fraction of sp³-hybridized carbons (Fsp3) is 0.500. The number of nitrogens with one attached hydrogen (secondary N) is 2. The van der Waals surface area contributed by atoms with E-state index in [-0.39, 0.29) is 24.0 Å². The lowest BCUT2D eigenvalue weighted by molar-refractivity contribution is 0.0389. The van der Waals surface area contributed by atoms with Crippen LogP contribution in [0.3, 0.4) is 0 Å². The van der Waals surface area contributed by atoms with Crippen LogP contribution in [0.5, 0.6) is 0 Å². The first-order valence-corrected chi connectivity index (χ1v) is 8.77. The summed E-state index contributed by atoms with van der Waals surface area (Å²) < 4.78 is 16.1. The minimum absolute atomic E-state index is 0. The van der Waals surface area contributed by atoms with Crippen LogP contribution in [0.15, 0.2) is 50.6 Å². The average Bonchev–Trinajstić information content (AvgIpc) is 3.34. The highest BCUT2D eigenvalue weighted by Crippen LogP contribution is 2.02. The Labute approximate surface area is 171 Å².